The van der Waals surface area contributed by atoms with Crippen LogP contribution in [0.4, 0.5) is 0 Å². The molecule has 6 nitrogen and oxygen atoms in total. The van der Waals surface area contributed by atoms with Gasteiger partial charge in [0.1, 0.15) is 19.0 Å². The molecule has 0 aromatic heterocycles. The van der Waals surface area contributed by atoms with Gasteiger partial charge in [-0.3, -0.25) is 4.79 Å². The maximum atomic E-state index is 12.0. The van der Waals surface area contributed by atoms with Crippen LogP contribution in [-0.2, 0) is 24.4 Å². The van der Waals surface area contributed by atoms with Crippen LogP contribution in [0.5, 0.6) is 17.2 Å². The molecule has 0 aliphatic heterocycles. The van der Waals surface area contributed by atoms with E-state index in [9.17, 15) is 4.79 Å². The van der Waals surface area contributed by atoms with Crippen LogP contribution in [0.15, 0.2) is 108 Å². The molecule has 6 heteroatoms. The van der Waals surface area contributed by atoms with Crippen LogP contribution >= 0.6 is 0 Å². The molecule has 182 valence electrons. The summed E-state index contributed by atoms with van der Waals surface area (Å²) in [5, 5.41) is 4.03. The van der Waals surface area contributed by atoms with Gasteiger partial charge in [-0.15, -0.1) is 0 Å². The first-order valence-electron chi connectivity index (χ1n) is 11.6. The highest BCUT2D eigenvalue weighted by Gasteiger charge is 2.07. The predicted molar refractivity (Wildman–Crippen MR) is 140 cm³/mol. The Bertz CT molecular complexity index is 1270. The normalized spacial score (nSPS) is 10.7. The van der Waals surface area contributed by atoms with Crippen LogP contribution in [0.1, 0.15) is 22.3 Å². The van der Waals surface area contributed by atoms with Crippen LogP contribution < -0.4 is 19.6 Å². The number of hydrazone groups is 1. The van der Waals surface area contributed by atoms with E-state index in [1.165, 1.54) is 0 Å². The van der Waals surface area contributed by atoms with Gasteiger partial charge in [-0.1, -0.05) is 66.7 Å². The summed E-state index contributed by atoms with van der Waals surface area (Å²) in [4.78, 5) is 12.0. The highest BCUT2D eigenvalue weighted by atomic mass is 16.5. The van der Waals surface area contributed by atoms with Crippen molar-refractivity contribution < 1.29 is 19.0 Å². The summed E-state index contributed by atoms with van der Waals surface area (Å²) in [5.41, 5.74) is 6.40. The Labute approximate surface area is 211 Å². The van der Waals surface area contributed by atoms with Crippen molar-refractivity contribution in [1.82, 2.24) is 5.43 Å². The molecule has 0 fully saturated rings. The molecule has 0 saturated heterocycles. The minimum absolute atomic E-state index is 0.163. The van der Waals surface area contributed by atoms with Crippen LogP contribution in [0, 0.1) is 0 Å². The molecule has 0 aliphatic rings. The molecule has 0 spiro atoms. The summed E-state index contributed by atoms with van der Waals surface area (Å²) in [5.74, 6) is 1.91. The molecule has 0 unspecified atom stereocenters. The molecule has 0 aliphatic carbocycles. The minimum Gasteiger partial charge on any atom is -0.493 e. The third-order valence-corrected chi connectivity index (χ3v) is 5.36. The Balaban J connectivity index is 1.25. The van der Waals surface area contributed by atoms with Crippen molar-refractivity contribution in [2.24, 2.45) is 5.10 Å². The number of carbonyl (C=O) groups excluding carboxylic acids is 1. The lowest BCUT2D eigenvalue weighted by molar-refractivity contribution is -0.120. The van der Waals surface area contributed by atoms with E-state index in [4.69, 9.17) is 14.2 Å². The number of hydrogen-bond acceptors (Lipinski definition) is 5. The molecule has 1 N–H and O–H groups in total. The lowest BCUT2D eigenvalue weighted by Crippen LogP contribution is -2.19. The van der Waals surface area contributed by atoms with E-state index >= 15 is 0 Å². The van der Waals surface area contributed by atoms with Gasteiger partial charge in [-0.2, -0.15) is 5.10 Å². The lowest BCUT2D eigenvalue weighted by atomic mass is 10.1. The lowest BCUT2D eigenvalue weighted by Gasteiger charge is -2.13. The average molecular weight is 481 g/mol. The Kier molecular flexibility index (Phi) is 8.70. The fraction of sp³-hybridized carbons (Fsp3) is 0.133. The zero-order chi connectivity index (χ0) is 25.0. The highest BCUT2D eigenvalue weighted by molar-refractivity contribution is 5.83. The van der Waals surface area contributed by atoms with Gasteiger partial charge in [0, 0.05) is 0 Å². The van der Waals surface area contributed by atoms with Gasteiger partial charge in [0.2, 0.25) is 5.91 Å². The molecule has 36 heavy (non-hydrogen) atoms. The molecule has 1 amide bonds. The summed E-state index contributed by atoms with van der Waals surface area (Å²) in [6.45, 7) is 0.859. The van der Waals surface area contributed by atoms with Crippen molar-refractivity contribution in [1.29, 1.82) is 0 Å². The van der Waals surface area contributed by atoms with Gasteiger partial charge in [-0.25, -0.2) is 5.43 Å². The second-order valence-electron chi connectivity index (χ2n) is 8.07. The van der Waals surface area contributed by atoms with Crippen molar-refractivity contribution >= 4 is 12.1 Å². The van der Waals surface area contributed by atoms with E-state index in [-0.39, 0.29) is 12.3 Å². The Hall–Kier alpha value is -4.58. The molecule has 4 rings (SSSR count). The van der Waals surface area contributed by atoms with Crippen LogP contribution in [0.2, 0.25) is 0 Å². The van der Waals surface area contributed by atoms with E-state index in [1.54, 1.807) is 13.3 Å². The number of benzene rings is 4. The van der Waals surface area contributed by atoms with E-state index in [0.29, 0.717) is 24.7 Å². The van der Waals surface area contributed by atoms with Gasteiger partial charge in [0.15, 0.2) is 11.5 Å². The van der Waals surface area contributed by atoms with Gasteiger partial charge < -0.3 is 14.2 Å². The first-order valence-corrected chi connectivity index (χ1v) is 11.6. The van der Waals surface area contributed by atoms with Crippen LogP contribution in [0.25, 0.3) is 0 Å². The summed E-state index contributed by atoms with van der Waals surface area (Å²) in [6, 6.07) is 32.8. The van der Waals surface area contributed by atoms with Gasteiger partial charge in [-0.05, 0) is 58.7 Å². The van der Waals surface area contributed by atoms with Crippen molar-refractivity contribution in [3.63, 3.8) is 0 Å². The van der Waals surface area contributed by atoms with E-state index in [0.717, 1.165) is 28.0 Å². The van der Waals surface area contributed by atoms with E-state index < -0.39 is 0 Å². The quantitative estimate of drug-likeness (QED) is 0.226. The van der Waals surface area contributed by atoms with Gasteiger partial charge in [0.05, 0.1) is 19.7 Å². The summed E-state index contributed by atoms with van der Waals surface area (Å²) < 4.78 is 17.3. The Morgan fingerprint density at radius 1 is 0.750 bits per heavy atom. The summed E-state index contributed by atoms with van der Waals surface area (Å²) in [6.07, 6.45) is 1.89. The average Bonchev–Trinajstić information content (AvgIpc) is 2.93. The first kappa shape index (κ1) is 24.5. The van der Waals surface area contributed by atoms with Crippen molar-refractivity contribution in [2.45, 2.75) is 19.6 Å². The number of ether oxygens (including phenoxy) is 3. The largest absolute Gasteiger partial charge is 0.493 e. The fourth-order valence-corrected chi connectivity index (χ4v) is 3.47. The van der Waals surface area contributed by atoms with Gasteiger partial charge >= 0.3 is 0 Å². The maximum Gasteiger partial charge on any atom is 0.244 e. The Morgan fingerprint density at radius 2 is 1.42 bits per heavy atom. The number of hydrogen-bond donors (Lipinski definition) is 1. The number of nitrogens with zero attached hydrogens (tertiary/aromatic N) is 1. The third kappa shape index (κ3) is 7.46. The third-order valence-electron chi connectivity index (χ3n) is 5.36. The molecular weight excluding hydrogens is 452 g/mol. The van der Waals surface area contributed by atoms with Gasteiger partial charge in [0.25, 0.3) is 0 Å². The monoisotopic (exact) mass is 480 g/mol. The van der Waals surface area contributed by atoms with Crippen LogP contribution in [0.3, 0.4) is 0 Å². The number of rotatable bonds is 11. The number of methoxy groups -OCH3 is 1. The molecule has 0 bridgehead atoms. The van der Waals surface area contributed by atoms with E-state index in [2.05, 4.69) is 10.5 Å². The topological polar surface area (TPSA) is 69.2 Å². The van der Waals surface area contributed by atoms with Crippen LogP contribution in [-0.4, -0.2) is 19.2 Å². The second-order valence-corrected chi connectivity index (χ2v) is 8.07. The second kappa shape index (κ2) is 12.8. The molecule has 0 radical (unpaired) electrons. The zero-order valence-electron chi connectivity index (χ0n) is 20.1. The molecule has 0 atom stereocenters. The molecule has 0 heterocycles. The molecule has 4 aromatic rings. The number of nitrogens with one attached hydrogen (secondary N) is 1. The van der Waals surface area contributed by atoms with E-state index in [1.807, 2.05) is 103 Å². The Morgan fingerprint density at radius 3 is 2.11 bits per heavy atom. The number of amides is 1. The standard InChI is InChI=1S/C30H28N2O4/c1-34-29-18-26(14-17-28(29)36-21-25-10-6-3-7-11-25)22-35-27-15-12-24(13-16-27)20-31-32-30(33)19-23-8-4-2-5-9-23/h2-18,20H,19,21-22H2,1H3,(H,32,33)/b31-20+. The predicted octanol–water partition coefficient (Wildman–Crippen LogP) is 5.55. The summed E-state index contributed by atoms with van der Waals surface area (Å²) >= 11 is 0. The zero-order valence-corrected chi connectivity index (χ0v) is 20.1. The molecule has 0 saturated carbocycles. The first-order chi connectivity index (χ1) is 17.7. The van der Waals surface area contributed by atoms with Crippen molar-refractivity contribution in [3.8, 4) is 17.2 Å². The SMILES string of the molecule is COc1cc(COc2ccc(/C=N/NC(=O)Cc3ccccc3)cc2)ccc1OCc1ccccc1. The smallest absolute Gasteiger partial charge is 0.244 e. The van der Waals surface area contributed by atoms with Crippen molar-refractivity contribution in [2.75, 3.05) is 7.11 Å². The minimum atomic E-state index is -0.163. The summed E-state index contributed by atoms with van der Waals surface area (Å²) in [7, 11) is 1.62. The fourth-order valence-electron chi connectivity index (χ4n) is 3.47. The van der Waals surface area contributed by atoms with Crippen molar-refractivity contribution in [3.05, 3.63) is 125 Å². The highest BCUT2D eigenvalue weighted by Crippen LogP contribution is 2.29. The maximum absolute atomic E-state index is 12.0. The molecule has 4 aromatic carbocycles. The molecular formula is C30H28N2O4. The number of carbonyl (C=O) groups is 1.